The Hall–Kier alpha value is -2.73. The Morgan fingerprint density at radius 2 is 2.08 bits per heavy atom. The molecule has 1 atom stereocenters. The van der Waals surface area contributed by atoms with Gasteiger partial charge in [0.25, 0.3) is 0 Å². The molecule has 1 aliphatic rings. The standard InChI is InChI=1S/C18H18FN3O2/c1-24-9-8-20-13-3-5-14(6-4-13)21-11-16-15-10-12(19)2-7-17(15)22-18(16)23/h2-7,10-11,16,20H,8-9H2,1H3,(H,22,23). The quantitative estimate of drug-likeness (QED) is 0.632. The number of amides is 1. The molecule has 1 unspecified atom stereocenters. The number of hydrogen-bond acceptors (Lipinski definition) is 4. The molecule has 1 amide bonds. The SMILES string of the molecule is COCCNc1ccc(N=CC2C(=O)Nc3ccc(F)cc32)cc1. The fourth-order valence-corrected chi connectivity index (χ4v) is 2.53. The predicted octanol–water partition coefficient (Wildman–Crippen LogP) is 3.32. The van der Waals surface area contributed by atoms with Crippen molar-refractivity contribution in [2.24, 2.45) is 4.99 Å². The van der Waals surface area contributed by atoms with Crippen LogP contribution in [0.5, 0.6) is 0 Å². The first-order chi connectivity index (χ1) is 11.7. The number of methoxy groups -OCH3 is 1. The van der Waals surface area contributed by atoms with Crippen LogP contribution in [0.2, 0.25) is 0 Å². The molecule has 0 fully saturated rings. The number of nitrogens with zero attached hydrogens (tertiary/aromatic N) is 1. The lowest BCUT2D eigenvalue weighted by Gasteiger charge is -2.06. The fraction of sp³-hybridized carbons (Fsp3) is 0.222. The first-order valence-electron chi connectivity index (χ1n) is 7.65. The molecule has 1 heterocycles. The van der Waals surface area contributed by atoms with E-state index >= 15 is 0 Å². The summed E-state index contributed by atoms with van der Waals surface area (Å²) in [5.74, 6) is -1.14. The number of anilines is 2. The van der Waals surface area contributed by atoms with Crippen LogP contribution in [0.3, 0.4) is 0 Å². The van der Waals surface area contributed by atoms with Crippen molar-refractivity contribution in [1.29, 1.82) is 0 Å². The average Bonchev–Trinajstić information content (AvgIpc) is 2.89. The maximum absolute atomic E-state index is 13.4. The van der Waals surface area contributed by atoms with E-state index in [0.29, 0.717) is 17.9 Å². The lowest BCUT2D eigenvalue weighted by Crippen LogP contribution is -2.12. The molecule has 2 aromatic rings. The van der Waals surface area contributed by atoms with Crippen LogP contribution in [0.4, 0.5) is 21.5 Å². The van der Waals surface area contributed by atoms with E-state index in [-0.39, 0.29) is 11.7 Å². The van der Waals surface area contributed by atoms with Gasteiger partial charge in [-0.05, 0) is 48.0 Å². The van der Waals surface area contributed by atoms with Gasteiger partial charge in [-0.1, -0.05) is 0 Å². The molecule has 3 rings (SSSR count). The third-order valence-electron chi connectivity index (χ3n) is 3.76. The van der Waals surface area contributed by atoms with Gasteiger partial charge in [0, 0.05) is 31.2 Å². The van der Waals surface area contributed by atoms with Gasteiger partial charge in [-0.25, -0.2) is 4.39 Å². The van der Waals surface area contributed by atoms with E-state index in [2.05, 4.69) is 15.6 Å². The van der Waals surface area contributed by atoms with Crippen molar-refractivity contribution in [3.8, 4) is 0 Å². The predicted molar refractivity (Wildman–Crippen MR) is 92.7 cm³/mol. The number of hydrogen-bond donors (Lipinski definition) is 2. The second kappa shape index (κ2) is 7.23. The average molecular weight is 327 g/mol. The van der Waals surface area contributed by atoms with E-state index in [1.165, 1.54) is 12.1 Å². The molecule has 0 saturated heterocycles. The van der Waals surface area contributed by atoms with Gasteiger partial charge in [0.2, 0.25) is 5.91 Å². The summed E-state index contributed by atoms with van der Waals surface area (Å²) in [5.41, 5.74) is 2.94. The van der Waals surface area contributed by atoms with Crippen molar-refractivity contribution < 1.29 is 13.9 Å². The second-order valence-electron chi connectivity index (χ2n) is 5.44. The molecule has 1 aliphatic heterocycles. The van der Waals surface area contributed by atoms with Crippen molar-refractivity contribution in [1.82, 2.24) is 0 Å². The first-order valence-corrected chi connectivity index (χ1v) is 7.65. The highest BCUT2D eigenvalue weighted by atomic mass is 19.1. The monoisotopic (exact) mass is 327 g/mol. The van der Waals surface area contributed by atoms with E-state index in [1.54, 1.807) is 19.4 Å². The van der Waals surface area contributed by atoms with Gasteiger partial charge < -0.3 is 15.4 Å². The van der Waals surface area contributed by atoms with E-state index in [1.807, 2.05) is 24.3 Å². The zero-order valence-electron chi connectivity index (χ0n) is 13.3. The summed E-state index contributed by atoms with van der Waals surface area (Å²) < 4.78 is 18.4. The Balaban J connectivity index is 1.70. The summed E-state index contributed by atoms with van der Waals surface area (Å²) in [6, 6.07) is 11.8. The molecule has 2 aromatic carbocycles. The van der Waals surface area contributed by atoms with Gasteiger partial charge in [-0.3, -0.25) is 9.79 Å². The molecule has 0 radical (unpaired) electrons. The highest BCUT2D eigenvalue weighted by molar-refractivity contribution is 6.12. The number of nitrogens with one attached hydrogen (secondary N) is 2. The molecule has 0 spiro atoms. The first kappa shape index (κ1) is 16.1. The van der Waals surface area contributed by atoms with Crippen LogP contribution in [0.25, 0.3) is 0 Å². The number of carbonyl (C=O) groups excluding carboxylic acids is 1. The van der Waals surface area contributed by atoms with Crippen LogP contribution < -0.4 is 10.6 Å². The van der Waals surface area contributed by atoms with Crippen LogP contribution in [0.1, 0.15) is 11.5 Å². The highest BCUT2D eigenvalue weighted by Gasteiger charge is 2.29. The third-order valence-corrected chi connectivity index (χ3v) is 3.76. The molecular formula is C18H18FN3O2. The largest absolute Gasteiger partial charge is 0.383 e. The van der Waals surface area contributed by atoms with Crippen molar-refractivity contribution in [2.75, 3.05) is 30.9 Å². The maximum atomic E-state index is 13.4. The Morgan fingerprint density at radius 1 is 1.29 bits per heavy atom. The number of rotatable bonds is 6. The van der Waals surface area contributed by atoms with Crippen molar-refractivity contribution in [3.63, 3.8) is 0 Å². The van der Waals surface area contributed by atoms with Crippen LogP contribution in [0, 0.1) is 5.82 Å². The lowest BCUT2D eigenvalue weighted by molar-refractivity contribution is -0.115. The van der Waals surface area contributed by atoms with E-state index in [0.717, 1.165) is 17.9 Å². The summed E-state index contributed by atoms with van der Waals surface area (Å²) in [6.07, 6.45) is 1.55. The normalized spacial score (nSPS) is 16.2. The minimum Gasteiger partial charge on any atom is -0.383 e. The smallest absolute Gasteiger partial charge is 0.237 e. The summed E-state index contributed by atoms with van der Waals surface area (Å²) >= 11 is 0. The van der Waals surface area contributed by atoms with Gasteiger partial charge in [0.15, 0.2) is 0 Å². The van der Waals surface area contributed by atoms with Crippen molar-refractivity contribution in [3.05, 3.63) is 53.8 Å². The van der Waals surface area contributed by atoms with Gasteiger partial charge >= 0.3 is 0 Å². The van der Waals surface area contributed by atoms with Gasteiger partial charge in [-0.2, -0.15) is 0 Å². The Bertz CT molecular complexity index is 759. The van der Waals surface area contributed by atoms with E-state index < -0.39 is 5.92 Å². The van der Waals surface area contributed by atoms with E-state index in [4.69, 9.17) is 4.74 Å². The number of halogens is 1. The lowest BCUT2D eigenvalue weighted by atomic mass is 10.0. The Labute approximate surface area is 139 Å². The number of carbonyl (C=O) groups is 1. The van der Waals surface area contributed by atoms with Gasteiger partial charge in [0.1, 0.15) is 11.7 Å². The molecule has 0 aromatic heterocycles. The van der Waals surface area contributed by atoms with E-state index in [9.17, 15) is 9.18 Å². The van der Waals surface area contributed by atoms with Crippen LogP contribution in [-0.4, -0.2) is 32.4 Å². The minimum atomic E-state index is -0.574. The summed E-state index contributed by atoms with van der Waals surface area (Å²) in [4.78, 5) is 16.4. The number of benzene rings is 2. The zero-order valence-corrected chi connectivity index (χ0v) is 13.3. The van der Waals surface area contributed by atoms with Crippen molar-refractivity contribution in [2.45, 2.75) is 5.92 Å². The molecular weight excluding hydrogens is 309 g/mol. The van der Waals surface area contributed by atoms with Crippen LogP contribution in [-0.2, 0) is 9.53 Å². The molecule has 0 bridgehead atoms. The van der Waals surface area contributed by atoms with Gasteiger partial charge in [0.05, 0.1) is 12.3 Å². The summed E-state index contributed by atoms with van der Waals surface area (Å²) in [5, 5.41) is 5.94. The van der Waals surface area contributed by atoms with Gasteiger partial charge in [-0.15, -0.1) is 0 Å². The third kappa shape index (κ3) is 3.60. The molecule has 24 heavy (non-hydrogen) atoms. The topological polar surface area (TPSA) is 62.7 Å². The molecule has 2 N–H and O–H groups in total. The minimum absolute atomic E-state index is 0.197. The highest BCUT2D eigenvalue weighted by Crippen LogP contribution is 2.32. The number of fused-ring (bicyclic) bond motifs is 1. The summed E-state index contributed by atoms with van der Waals surface area (Å²) in [6.45, 7) is 1.36. The van der Waals surface area contributed by atoms with Crippen LogP contribution in [0.15, 0.2) is 47.5 Å². The second-order valence-corrected chi connectivity index (χ2v) is 5.44. The fourth-order valence-electron chi connectivity index (χ4n) is 2.53. The number of aliphatic imine (C=N–C) groups is 1. The van der Waals surface area contributed by atoms with Crippen molar-refractivity contribution >= 4 is 29.2 Å². The summed E-state index contributed by atoms with van der Waals surface area (Å²) in [7, 11) is 1.66. The molecule has 0 saturated carbocycles. The molecule has 124 valence electrons. The maximum Gasteiger partial charge on any atom is 0.237 e. The Kier molecular flexibility index (Phi) is 4.86. The van der Waals surface area contributed by atoms with Crippen LogP contribution >= 0.6 is 0 Å². The molecule has 0 aliphatic carbocycles. The molecule has 5 nitrogen and oxygen atoms in total. The number of ether oxygens (including phenoxy) is 1. The zero-order chi connectivity index (χ0) is 16.9. The molecule has 6 heteroatoms. The Morgan fingerprint density at radius 3 is 2.83 bits per heavy atom.